The first-order chi connectivity index (χ1) is 12.1. The fourth-order valence-electron chi connectivity index (χ4n) is 2.26. The maximum absolute atomic E-state index is 12.4. The van der Waals surface area contributed by atoms with E-state index in [9.17, 15) is 9.59 Å². The van der Waals surface area contributed by atoms with Crippen LogP contribution in [0.1, 0.15) is 15.9 Å². The highest BCUT2D eigenvalue weighted by atomic mass is 35.5. The molecular formula is C18H14ClNO5. The number of nitrogens with one attached hydrogen (secondary N) is 1. The largest absolute Gasteiger partial charge is 0.464 e. The van der Waals surface area contributed by atoms with Crippen LogP contribution in [-0.2, 0) is 9.53 Å². The summed E-state index contributed by atoms with van der Waals surface area (Å²) >= 11 is 6.01. The van der Waals surface area contributed by atoms with Gasteiger partial charge in [-0.3, -0.25) is 4.79 Å². The normalized spacial score (nSPS) is 12.6. The van der Waals surface area contributed by atoms with Gasteiger partial charge in [0.25, 0.3) is 5.91 Å². The van der Waals surface area contributed by atoms with E-state index in [0.29, 0.717) is 17.1 Å². The van der Waals surface area contributed by atoms with Crippen molar-refractivity contribution in [1.82, 2.24) is 5.32 Å². The molecule has 1 amide bonds. The van der Waals surface area contributed by atoms with Gasteiger partial charge in [-0.25, -0.2) is 4.79 Å². The van der Waals surface area contributed by atoms with E-state index >= 15 is 0 Å². The Labute approximate surface area is 148 Å². The minimum atomic E-state index is -0.682. The highest BCUT2D eigenvalue weighted by molar-refractivity contribution is 6.34. The number of ether oxygens (including phenoxy) is 3. The average molecular weight is 360 g/mol. The van der Waals surface area contributed by atoms with Crippen molar-refractivity contribution in [3.05, 3.63) is 64.3 Å². The number of amides is 1. The molecule has 0 bridgehead atoms. The van der Waals surface area contributed by atoms with E-state index in [1.807, 2.05) is 0 Å². The van der Waals surface area contributed by atoms with E-state index in [2.05, 4.69) is 5.32 Å². The second-order valence-corrected chi connectivity index (χ2v) is 5.50. The summed E-state index contributed by atoms with van der Waals surface area (Å²) in [6, 6.07) is 11.7. The molecule has 0 saturated heterocycles. The molecule has 2 aromatic rings. The van der Waals surface area contributed by atoms with Crippen LogP contribution in [-0.4, -0.2) is 25.8 Å². The first-order valence-electron chi connectivity index (χ1n) is 7.34. The Bertz CT molecular complexity index is 862. The summed E-state index contributed by atoms with van der Waals surface area (Å²) in [6.07, 6.45) is 1.49. The van der Waals surface area contributed by atoms with Crippen LogP contribution in [0.5, 0.6) is 11.5 Å². The predicted octanol–water partition coefficient (Wildman–Crippen LogP) is 3.01. The highest BCUT2D eigenvalue weighted by Crippen LogP contribution is 2.33. The molecule has 25 heavy (non-hydrogen) atoms. The van der Waals surface area contributed by atoms with Crippen molar-refractivity contribution in [3.8, 4) is 11.5 Å². The minimum Gasteiger partial charge on any atom is -0.464 e. The van der Waals surface area contributed by atoms with Crippen LogP contribution < -0.4 is 14.8 Å². The van der Waals surface area contributed by atoms with E-state index in [4.69, 9.17) is 25.8 Å². The molecule has 1 heterocycles. The Morgan fingerprint density at radius 3 is 2.68 bits per heavy atom. The zero-order chi connectivity index (χ0) is 17.8. The van der Waals surface area contributed by atoms with Gasteiger partial charge >= 0.3 is 5.97 Å². The van der Waals surface area contributed by atoms with Gasteiger partial charge < -0.3 is 19.5 Å². The molecule has 128 valence electrons. The third-order valence-corrected chi connectivity index (χ3v) is 3.81. The van der Waals surface area contributed by atoms with E-state index < -0.39 is 11.9 Å². The van der Waals surface area contributed by atoms with Gasteiger partial charge in [-0.2, -0.15) is 0 Å². The highest BCUT2D eigenvalue weighted by Gasteiger charge is 2.18. The van der Waals surface area contributed by atoms with Crippen LogP contribution in [0.2, 0.25) is 5.02 Å². The Balaban J connectivity index is 1.88. The van der Waals surface area contributed by atoms with E-state index in [1.165, 1.54) is 13.2 Å². The number of methoxy groups -OCH3 is 1. The molecule has 0 unspecified atom stereocenters. The number of halogens is 1. The topological polar surface area (TPSA) is 73.9 Å². The van der Waals surface area contributed by atoms with Crippen LogP contribution in [0.25, 0.3) is 6.08 Å². The molecule has 6 nitrogen and oxygen atoms in total. The van der Waals surface area contributed by atoms with Crippen LogP contribution in [0.4, 0.5) is 0 Å². The fraction of sp³-hybridized carbons (Fsp3) is 0.111. The minimum absolute atomic E-state index is 0.0220. The molecule has 0 aromatic heterocycles. The number of fused-ring (bicyclic) bond motifs is 1. The lowest BCUT2D eigenvalue weighted by Gasteiger charge is -2.09. The molecule has 3 rings (SSSR count). The molecule has 7 heteroatoms. The molecule has 0 atom stereocenters. The van der Waals surface area contributed by atoms with Gasteiger partial charge in [0.05, 0.1) is 17.7 Å². The number of carbonyl (C=O) groups is 2. The number of hydrogen-bond donors (Lipinski definition) is 1. The summed E-state index contributed by atoms with van der Waals surface area (Å²) in [5.74, 6) is -0.00618. The van der Waals surface area contributed by atoms with Gasteiger partial charge in [-0.1, -0.05) is 29.8 Å². The number of esters is 1. The molecule has 0 aliphatic carbocycles. The van der Waals surface area contributed by atoms with Crippen LogP contribution in [0, 0.1) is 0 Å². The summed E-state index contributed by atoms with van der Waals surface area (Å²) in [5.41, 5.74) is 0.875. The van der Waals surface area contributed by atoms with Crippen molar-refractivity contribution in [1.29, 1.82) is 0 Å². The first-order valence-corrected chi connectivity index (χ1v) is 7.72. The summed E-state index contributed by atoms with van der Waals surface area (Å²) in [6.45, 7) is 0.148. The van der Waals surface area contributed by atoms with Crippen LogP contribution in [0.3, 0.4) is 0 Å². The summed E-state index contributed by atoms with van der Waals surface area (Å²) < 4.78 is 15.3. The Kier molecular flexibility index (Phi) is 4.90. The molecule has 1 aliphatic heterocycles. The van der Waals surface area contributed by atoms with Crippen LogP contribution >= 0.6 is 11.6 Å². The smallest absolute Gasteiger partial charge is 0.354 e. The van der Waals surface area contributed by atoms with Gasteiger partial charge in [-0.15, -0.1) is 0 Å². The lowest BCUT2D eigenvalue weighted by atomic mass is 10.1. The molecule has 0 fully saturated rings. The third kappa shape index (κ3) is 3.75. The fourth-order valence-corrected chi connectivity index (χ4v) is 2.48. The van der Waals surface area contributed by atoms with Crippen molar-refractivity contribution < 1.29 is 23.8 Å². The van der Waals surface area contributed by atoms with Crippen molar-refractivity contribution in [2.75, 3.05) is 13.9 Å². The van der Waals surface area contributed by atoms with Gasteiger partial charge in [0.15, 0.2) is 11.5 Å². The predicted molar refractivity (Wildman–Crippen MR) is 91.5 cm³/mol. The standard InChI is InChI=1S/C18H14ClNO5/c1-23-18(22)14(20-17(21)12-4-2-3-5-13(12)19)8-11-6-7-15-16(9-11)25-10-24-15/h2-9H,10H2,1H3,(H,20,21)/b14-8-. The number of hydrogen-bond acceptors (Lipinski definition) is 5. The number of rotatable bonds is 4. The van der Waals surface area contributed by atoms with E-state index in [0.717, 1.165) is 0 Å². The summed E-state index contributed by atoms with van der Waals surface area (Å²) in [4.78, 5) is 24.4. The summed E-state index contributed by atoms with van der Waals surface area (Å²) in [7, 11) is 1.23. The monoisotopic (exact) mass is 359 g/mol. The quantitative estimate of drug-likeness (QED) is 0.671. The molecule has 1 N–H and O–H groups in total. The van der Waals surface area contributed by atoms with Crippen molar-refractivity contribution in [2.24, 2.45) is 0 Å². The Hall–Kier alpha value is -2.99. The zero-order valence-corrected chi connectivity index (χ0v) is 14.0. The van der Waals surface area contributed by atoms with Gasteiger partial charge in [0.2, 0.25) is 6.79 Å². The van der Waals surface area contributed by atoms with Gasteiger partial charge in [-0.05, 0) is 35.9 Å². The molecule has 0 saturated carbocycles. The second kappa shape index (κ2) is 7.27. The number of benzene rings is 2. The van der Waals surface area contributed by atoms with Gasteiger partial charge in [0.1, 0.15) is 5.70 Å². The average Bonchev–Trinajstić information content (AvgIpc) is 3.08. The second-order valence-electron chi connectivity index (χ2n) is 5.10. The maximum Gasteiger partial charge on any atom is 0.354 e. The van der Waals surface area contributed by atoms with Crippen LogP contribution in [0.15, 0.2) is 48.2 Å². The molecular weight excluding hydrogens is 346 g/mol. The van der Waals surface area contributed by atoms with E-state index in [1.54, 1.807) is 42.5 Å². The zero-order valence-electron chi connectivity index (χ0n) is 13.2. The third-order valence-electron chi connectivity index (χ3n) is 3.48. The first kappa shape index (κ1) is 16.9. The van der Waals surface area contributed by atoms with Crippen molar-refractivity contribution >= 4 is 29.6 Å². The summed E-state index contributed by atoms with van der Waals surface area (Å²) in [5, 5.41) is 2.82. The van der Waals surface area contributed by atoms with Crippen molar-refractivity contribution in [3.63, 3.8) is 0 Å². The lowest BCUT2D eigenvalue weighted by molar-refractivity contribution is -0.136. The van der Waals surface area contributed by atoms with Crippen molar-refractivity contribution in [2.45, 2.75) is 0 Å². The molecule has 2 aromatic carbocycles. The Morgan fingerprint density at radius 2 is 1.92 bits per heavy atom. The number of carbonyl (C=O) groups excluding carboxylic acids is 2. The Morgan fingerprint density at radius 1 is 1.16 bits per heavy atom. The van der Waals surface area contributed by atoms with Gasteiger partial charge in [0, 0.05) is 0 Å². The molecule has 1 aliphatic rings. The van der Waals surface area contributed by atoms with E-state index in [-0.39, 0.29) is 23.1 Å². The lowest BCUT2D eigenvalue weighted by Crippen LogP contribution is -2.28. The maximum atomic E-state index is 12.4. The molecule has 0 radical (unpaired) electrons. The SMILES string of the molecule is COC(=O)/C(=C/c1ccc2c(c1)OCO2)NC(=O)c1ccccc1Cl. The molecule has 0 spiro atoms.